The van der Waals surface area contributed by atoms with Gasteiger partial charge in [-0.1, -0.05) is 12.1 Å². The third-order valence-corrected chi connectivity index (χ3v) is 2.37. The zero-order chi connectivity index (χ0) is 12.9. The van der Waals surface area contributed by atoms with Crippen molar-refractivity contribution in [2.75, 3.05) is 7.11 Å². The fraction of sp³-hybridized carbons (Fsp3) is 0.500. The van der Waals surface area contributed by atoms with Crippen LogP contribution in [0.4, 0.5) is 13.2 Å². The van der Waals surface area contributed by atoms with Gasteiger partial charge in [0.1, 0.15) is 5.75 Å². The van der Waals surface area contributed by atoms with Gasteiger partial charge in [-0.25, -0.2) is 0 Å². The maximum absolute atomic E-state index is 11.9. The normalized spacial score (nSPS) is 13.5. The maximum atomic E-state index is 11.9. The lowest BCUT2D eigenvalue weighted by atomic mass is 10.0. The number of rotatable bonds is 5. The summed E-state index contributed by atoms with van der Waals surface area (Å²) < 4.78 is 40.8. The Balaban J connectivity index is 2.47. The SMILES string of the molecule is COc1cccc(CC(O)CCC(F)(F)F)c1. The van der Waals surface area contributed by atoms with Gasteiger partial charge in [0, 0.05) is 6.42 Å². The fourth-order valence-electron chi connectivity index (χ4n) is 1.50. The van der Waals surface area contributed by atoms with E-state index < -0.39 is 18.7 Å². The molecule has 0 aromatic heterocycles. The van der Waals surface area contributed by atoms with Crippen LogP contribution in [0, 0.1) is 0 Å². The second-order valence-electron chi connectivity index (χ2n) is 3.86. The van der Waals surface area contributed by atoms with E-state index in [2.05, 4.69) is 0 Å². The Labute approximate surface area is 98.0 Å². The summed E-state index contributed by atoms with van der Waals surface area (Å²) in [6.07, 6.45) is -6.23. The van der Waals surface area contributed by atoms with E-state index in [-0.39, 0.29) is 12.8 Å². The van der Waals surface area contributed by atoms with E-state index in [1.807, 2.05) is 0 Å². The van der Waals surface area contributed by atoms with E-state index in [0.717, 1.165) is 5.56 Å². The fourth-order valence-corrected chi connectivity index (χ4v) is 1.50. The molecule has 0 saturated heterocycles. The topological polar surface area (TPSA) is 29.5 Å². The molecule has 0 amide bonds. The van der Waals surface area contributed by atoms with Crippen molar-refractivity contribution in [2.24, 2.45) is 0 Å². The molecule has 1 aromatic carbocycles. The Hall–Kier alpha value is -1.23. The number of alkyl halides is 3. The monoisotopic (exact) mass is 248 g/mol. The molecule has 5 heteroatoms. The third kappa shape index (κ3) is 5.58. The zero-order valence-corrected chi connectivity index (χ0v) is 9.50. The highest BCUT2D eigenvalue weighted by Crippen LogP contribution is 2.23. The predicted octanol–water partition coefficient (Wildman–Crippen LogP) is 2.94. The van der Waals surface area contributed by atoms with Crippen LogP contribution in [-0.2, 0) is 6.42 Å². The second-order valence-corrected chi connectivity index (χ2v) is 3.86. The lowest BCUT2D eigenvalue weighted by Gasteiger charge is -2.12. The summed E-state index contributed by atoms with van der Waals surface area (Å²) in [5, 5.41) is 9.49. The number of ether oxygens (including phenoxy) is 1. The third-order valence-electron chi connectivity index (χ3n) is 2.37. The van der Waals surface area contributed by atoms with Gasteiger partial charge in [-0.15, -0.1) is 0 Å². The molecule has 0 aliphatic rings. The Morgan fingerprint density at radius 3 is 2.65 bits per heavy atom. The highest BCUT2D eigenvalue weighted by atomic mass is 19.4. The summed E-state index contributed by atoms with van der Waals surface area (Å²) in [7, 11) is 1.51. The van der Waals surface area contributed by atoms with Gasteiger partial charge < -0.3 is 9.84 Å². The molecule has 2 nitrogen and oxygen atoms in total. The number of aliphatic hydroxyl groups is 1. The predicted molar refractivity (Wildman–Crippen MR) is 58.0 cm³/mol. The first-order chi connectivity index (χ1) is 7.90. The summed E-state index contributed by atoms with van der Waals surface area (Å²) >= 11 is 0. The summed E-state index contributed by atoms with van der Waals surface area (Å²) in [5.41, 5.74) is 0.763. The smallest absolute Gasteiger partial charge is 0.389 e. The van der Waals surface area contributed by atoms with Crippen LogP contribution in [0.15, 0.2) is 24.3 Å². The van der Waals surface area contributed by atoms with Crippen LogP contribution in [0.1, 0.15) is 18.4 Å². The molecule has 1 unspecified atom stereocenters. The molecular weight excluding hydrogens is 233 g/mol. The van der Waals surface area contributed by atoms with Gasteiger partial charge in [0.05, 0.1) is 13.2 Å². The zero-order valence-electron chi connectivity index (χ0n) is 9.50. The van der Waals surface area contributed by atoms with Crippen molar-refractivity contribution in [2.45, 2.75) is 31.5 Å². The summed E-state index contributed by atoms with van der Waals surface area (Å²) in [4.78, 5) is 0. The second kappa shape index (κ2) is 5.91. The van der Waals surface area contributed by atoms with E-state index >= 15 is 0 Å². The minimum atomic E-state index is -4.21. The quantitative estimate of drug-likeness (QED) is 0.868. The van der Waals surface area contributed by atoms with E-state index in [4.69, 9.17) is 4.74 Å². The van der Waals surface area contributed by atoms with Gasteiger partial charge in [0.25, 0.3) is 0 Å². The standard InChI is InChI=1S/C12H15F3O2/c1-17-11-4-2-3-9(8-11)7-10(16)5-6-12(13,14)15/h2-4,8,10,16H,5-7H2,1H3. The minimum absolute atomic E-state index is 0.202. The Morgan fingerprint density at radius 2 is 2.06 bits per heavy atom. The highest BCUT2D eigenvalue weighted by molar-refractivity contribution is 5.28. The van der Waals surface area contributed by atoms with Crippen molar-refractivity contribution in [3.05, 3.63) is 29.8 Å². The van der Waals surface area contributed by atoms with Crippen molar-refractivity contribution >= 4 is 0 Å². The van der Waals surface area contributed by atoms with Crippen LogP contribution >= 0.6 is 0 Å². The lowest BCUT2D eigenvalue weighted by molar-refractivity contribution is -0.139. The first-order valence-corrected chi connectivity index (χ1v) is 5.28. The first kappa shape index (κ1) is 13.8. The summed E-state index contributed by atoms with van der Waals surface area (Å²) in [5.74, 6) is 0.630. The average Bonchev–Trinajstić information content (AvgIpc) is 2.26. The highest BCUT2D eigenvalue weighted by Gasteiger charge is 2.27. The van der Waals surface area contributed by atoms with Gasteiger partial charge in [-0.05, 0) is 30.5 Å². The van der Waals surface area contributed by atoms with Gasteiger partial charge in [0.15, 0.2) is 0 Å². The van der Waals surface area contributed by atoms with Crippen LogP contribution < -0.4 is 4.74 Å². The molecule has 0 radical (unpaired) electrons. The molecule has 1 aromatic rings. The van der Waals surface area contributed by atoms with Crippen molar-refractivity contribution < 1.29 is 23.0 Å². The van der Waals surface area contributed by atoms with Crippen molar-refractivity contribution in [1.29, 1.82) is 0 Å². The van der Waals surface area contributed by atoms with Crippen LogP contribution in [-0.4, -0.2) is 24.5 Å². The van der Waals surface area contributed by atoms with Crippen molar-refractivity contribution in [3.63, 3.8) is 0 Å². The molecular formula is C12H15F3O2. The molecule has 1 N–H and O–H groups in total. The minimum Gasteiger partial charge on any atom is -0.497 e. The molecule has 96 valence electrons. The molecule has 0 bridgehead atoms. The molecule has 0 saturated carbocycles. The van der Waals surface area contributed by atoms with E-state index in [1.165, 1.54) is 7.11 Å². The number of hydrogen-bond acceptors (Lipinski definition) is 2. The molecule has 17 heavy (non-hydrogen) atoms. The molecule has 0 fully saturated rings. The van der Waals surface area contributed by atoms with E-state index in [1.54, 1.807) is 24.3 Å². The van der Waals surface area contributed by atoms with Crippen molar-refractivity contribution in [3.8, 4) is 5.75 Å². The Morgan fingerprint density at radius 1 is 1.35 bits per heavy atom. The molecule has 0 aliphatic carbocycles. The van der Waals surface area contributed by atoms with Gasteiger partial charge in [-0.3, -0.25) is 0 Å². The van der Waals surface area contributed by atoms with E-state index in [9.17, 15) is 18.3 Å². The maximum Gasteiger partial charge on any atom is 0.389 e. The van der Waals surface area contributed by atoms with Crippen LogP contribution in [0.5, 0.6) is 5.75 Å². The number of halogens is 3. The average molecular weight is 248 g/mol. The largest absolute Gasteiger partial charge is 0.497 e. The van der Waals surface area contributed by atoms with Crippen LogP contribution in [0.25, 0.3) is 0 Å². The summed E-state index contributed by atoms with van der Waals surface area (Å²) in [6.45, 7) is 0. The van der Waals surface area contributed by atoms with Gasteiger partial charge in [0.2, 0.25) is 0 Å². The first-order valence-electron chi connectivity index (χ1n) is 5.28. The molecule has 0 spiro atoms. The van der Waals surface area contributed by atoms with Crippen LogP contribution in [0.2, 0.25) is 0 Å². The molecule has 0 heterocycles. The number of aliphatic hydroxyl groups excluding tert-OH is 1. The number of methoxy groups -OCH3 is 1. The Bertz CT molecular complexity index is 350. The molecule has 1 atom stereocenters. The van der Waals surface area contributed by atoms with Gasteiger partial charge in [-0.2, -0.15) is 13.2 Å². The molecule has 0 aliphatic heterocycles. The number of benzene rings is 1. The Kier molecular flexibility index (Phi) is 4.81. The number of hydrogen-bond donors (Lipinski definition) is 1. The lowest BCUT2D eigenvalue weighted by Crippen LogP contribution is -2.16. The van der Waals surface area contributed by atoms with Gasteiger partial charge >= 0.3 is 6.18 Å². The van der Waals surface area contributed by atoms with Crippen molar-refractivity contribution in [1.82, 2.24) is 0 Å². The van der Waals surface area contributed by atoms with Crippen LogP contribution in [0.3, 0.4) is 0 Å². The van der Waals surface area contributed by atoms with E-state index in [0.29, 0.717) is 5.75 Å². The summed E-state index contributed by atoms with van der Waals surface area (Å²) in [6, 6.07) is 6.94. The molecule has 1 rings (SSSR count).